The number of nitrogens with zero attached hydrogens (tertiary/aromatic N) is 4. The standard InChI is InChI=1S/C12H9FN4/c1-8-12(10-3-2-9(13)6-15-10)16-11-7-14-4-5-17(8)11/h2-7H,1H3. The molecule has 0 amide bonds. The SMILES string of the molecule is Cc1c(-c2ccc(F)cn2)nc2cnccn12. The molecule has 0 spiro atoms. The molecule has 0 aromatic carbocycles. The van der Waals surface area contributed by atoms with Gasteiger partial charge in [0.15, 0.2) is 5.65 Å². The minimum atomic E-state index is -0.350. The average molecular weight is 228 g/mol. The van der Waals surface area contributed by atoms with Gasteiger partial charge in [0.25, 0.3) is 0 Å². The second kappa shape index (κ2) is 3.62. The van der Waals surface area contributed by atoms with Crippen LogP contribution in [0.1, 0.15) is 5.69 Å². The first-order valence-electron chi connectivity index (χ1n) is 5.16. The van der Waals surface area contributed by atoms with Gasteiger partial charge in [0.05, 0.1) is 18.1 Å². The van der Waals surface area contributed by atoms with Gasteiger partial charge >= 0.3 is 0 Å². The lowest BCUT2D eigenvalue weighted by atomic mass is 10.2. The normalized spacial score (nSPS) is 10.9. The van der Waals surface area contributed by atoms with Gasteiger partial charge in [-0.2, -0.15) is 0 Å². The molecule has 0 atom stereocenters. The van der Waals surface area contributed by atoms with E-state index in [2.05, 4.69) is 15.0 Å². The Hall–Kier alpha value is -2.30. The molecule has 0 aliphatic rings. The molecule has 84 valence electrons. The van der Waals surface area contributed by atoms with E-state index in [1.165, 1.54) is 12.3 Å². The van der Waals surface area contributed by atoms with Gasteiger partial charge in [0, 0.05) is 18.1 Å². The summed E-state index contributed by atoms with van der Waals surface area (Å²) in [6, 6.07) is 3.00. The minimum Gasteiger partial charge on any atom is -0.301 e. The summed E-state index contributed by atoms with van der Waals surface area (Å²) >= 11 is 0. The highest BCUT2D eigenvalue weighted by atomic mass is 19.1. The third-order valence-corrected chi connectivity index (χ3v) is 2.64. The number of imidazole rings is 1. The minimum absolute atomic E-state index is 0.350. The maximum atomic E-state index is 12.8. The molecule has 0 saturated carbocycles. The smallest absolute Gasteiger partial charge is 0.156 e. The van der Waals surface area contributed by atoms with E-state index in [1.807, 2.05) is 17.5 Å². The van der Waals surface area contributed by atoms with Crippen LogP contribution in [0.4, 0.5) is 4.39 Å². The predicted octanol–water partition coefficient (Wildman–Crippen LogP) is 2.24. The van der Waals surface area contributed by atoms with Crippen molar-refractivity contribution in [3.05, 3.63) is 48.4 Å². The number of rotatable bonds is 1. The van der Waals surface area contributed by atoms with Crippen molar-refractivity contribution in [1.29, 1.82) is 0 Å². The summed E-state index contributed by atoms with van der Waals surface area (Å²) in [7, 11) is 0. The second-order valence-corrected chi connectivity index (χ2v) is 3.71. The predicted molar refractivity (Wildman–Crippen MR) is 60.9 cm³/mol. The van der Waals surface area contributed by atoms with Crippen LogP contribution in [0, 0.1) is 12.7 Å². The van der Waals surface area contributed by atoms with Gasteiger partial charge in [0.1, 0.15) is 11.5 Å². The summed E-state index contributed by atoms with van der Waals surface area (Å²) in [5.74, 6) is -0.350. The molecular formula is C12H9FN4. The van der Waals surface area contributed by atoms with Gasteiger partial charge in [-0.15, -0.1) is 0 Å². The van der Waals surface area contributed by atoms with Crippen molar-refractivity contribution in [2.75, 3.05) is 0 Å². The number of pyridine rings is 1. The lowest BCUT2D eigenvalue weighted by Gasteiger charge is -1.98. The van der Waals surface area contributed by atoms with Crippen molar-refractivity contribution in [2.24, 2.45) is 0 Å². The highest BCUT2D eigenvalue weighted by molar-refractivity contribution is 5.62. The van der Waals surface area contributed by atoms with Gasteiger partial charge in [0.2, 0.25) is 0 Å². The van der Waals surface area contributed by atoms with Crippen LogP contribution in [0.25, 0.3) is 17.0 Å². The summed E-state index contributed by atoms with van der Waals surface area (Å²) in [5, 5.41) is 0. The topological polar surface area (TPSA) is 43.1 Å². The largest absolute Gasteiger partial charge is 0.301 e. The van der Waals surface area contributed by atoms with Crippen LogP contribution >= 0.6 is 0 Å². The zero-order valence-corrected chi connectivity index (χ0v) is 9.13. The molecule has 0 aliphatic heterocycles. The Labute approximate surface area is 96.8 Å². The molecule has 0 aliphatic carbocycles. The molecule has 0 unspecified atom stereocenters. The number of hydrogen-bond acceptors (Lipinski definition) is 3. The molecular weight excluding hydrogens is 219 g/mol. The molecule has 0 N–H and O–H groups in total. The van der Waals surface area contributed by atoms with Crippen molar-refractivity contribution in [2.45, 2.75) is 6.92 Å². The van der Waals surface area contributed by atoms with Crippen molar-refractivity contribution in [3.8, 4) is 11.4 Å². The first kappa shape index (κ1) is 9.89. The molecule has 0 saturated heterocycles. The summed E-state index contributed by atoms with van der Waals surface area (Å²) in [6.45, 7) is 1.94. The Kier molecular flexibility index (Phi) is 2.11. The van der Waals surface area contributed by atoms with Gasteiger partial charge in [-0.3, -0.25) is 9.97 Å². The number of fused-ring (bicyclic) bond motifs is 1. The van der Waals surface area contributed by atoms with E-state index in [4.69, 9.17) is 0 Å². The van der Waals surface area contributed by atoms with E-state index in [9.17, 15) is 4.39 Å². The Morgan fingerprint density at radius 2 is 2.12 bits per heavy atom. The zero-order valence-electron chi connectivity index (χ0n) is 9.13. The Bertz CT molecular complexity index is 673. The first-order valence-corrected chi connectivity index (χ1v) is 5.16. The molecule has 3 aromatic rings. The molecule has 5 heteroatoms. The molecule has 4 nitrogen and oxygen atoms in total. The van der Waals surface area contributed by atoms with Gasteiger partial charge < -0.3 is 4.40 Å². The van der Waals surface area contributed by atoms with E-state index in [1.54, 1.807) is 18.5 Å². The fourth-order valence-electron chi connectivity index (χ4n) is 1.79. The Balaban J connectivity index is 2.24. The van der Waals surface area contributed by atoms with Crippen LogP contribution in [0.3, 0.4) is 0 Å². The van der Waals surface area contributed by atoms with E-state index >= 15 is 0 Å². The summed E-state index contributed by atoms with van der Waals surface area (Å²) < 4.78 is 14.7. The maximum absolute atomic E-state index is 12.8. The van der Waals surface area contributed by atoms with E-state index < -0.39 is 0 Å². The quantitative estimate of drug-likeness (QED) is 0.641. The van der Waals surface area contributed by atoms with E-state index in [0.717, 1.165) is 17.0 Å². The lowest BCUT2D eigenvalue weighted by molar-refractivity contribution is 0.622. The molecule has 0 bridgehead atoms. The fourth-order valence-corrected chi connectivity index (χ4v) is 1.79. The van der Waals surface area contributed by atoms with Crippen molar-refractivity contribution >= 4 is 5.65 Å². The maximum Gasteiger partial charge on any atom is 0.156 e. The molecule has 3 aromatic heterocycles. The third kappa shape index (κ3) is 1.56. The molecule has 3 rings (SSSR count). The summed E-state index contributed by atoms with van der Waals surface area (Å²) in [5.41, 5.74) is 3.12. The monoisotopic (exact) mass is 228 g/mol. The lowest BCUT2D eigenvalue weighted by Crippen LogP contribution is -1.89. The highest BCUT2D eigenvalue weighted by Crippen LogP contribution is 2.21. The van der Waals surface area contributed by atoms with Crippen LogP contribution in [0.2, 0.25) is 0 Å². The number of aryl methyl sites for hydroxylation is 1. The first-order chi connectivity index (χ1) is 8.25. The van der Waals surface area contributed by atoms with Crippen LogP contribution in [0.15, 0.2) is 36.9 Å². The highest BCUT2D eigenvalue weighted by Gasteiger charge is 2.10. The van der Waals surface area contributed by atoms with Crippen molar-refractivity contribution < 1.29 is 4.39 Å². The van der Waals surface area contributed by atoms with Crippen LogP contribution in [-0.4, -0.2) is 19.4 Å². The van der Waals surface area contributed by atoms with Crippen LogP contribution in [0.5, 0.6) is 0 Å². The Morgan fingerprint density at radius 3 is 2.82 bits per heavy atom. The van der Waals surface area contributed by atoms with Crippen LogP contribution < -0.4 is 0 Å². The van der Waals surface area contributed by atoms with Crippen LogP contribution in [-0.2, 0) is 0 Å². The number of hydrogen-bond donors (Lipinski definition) is 0. The van der Waals surface area contributed by atoms with Gasteiger partial charge in [-0.05, 0) is 19.1 Å². The fraction of sp³-hybridized carbons (Fsp3) is 0.0833. The van der Waals surface area contributed by atoms with Gasteiger partial charge in [-0.1, -0.05) is 0 Å². The molecule has 17 heavy (non-hydrogen) atoms. The second-order valence-electron chi connectivity index (χ2n) is 3.71. The van der Waals surface area contributed by atoms with Gasteiger partial charge in [-0.25, -0.2) is 9.37 Å². The van der Waals surface area contributed by atoms with E-state index in [-0.39, 0.29) is 5.82 Å². The number of aromatic nitrogens is 4. The number of halogens is 1. The summed E-state index contributed by atoms with van der Waals surface area (Å²) in [6.07, 6.45) is 6.41. The van der Waals surface area contributed by atoms with E-state index in [0.29, 0.717) is 5.69 Å². The molecule has 0 radical (unpaired) electrons. The van der Waals surface area contributed by atoms with Crippen molar-refractivity contribution in [3.63, 3.8) is 0 Å². The zero-order chi connectivity index (χ0) is 11.8. The molecule has 0 fully saturated rings. The average Bonchev–Trinajstić information content (AvgIpc) is 2.69. The van der Waals surface area contributed by atoms with Crippen molar-refractivity contribution in [1.82, 2.24) is 19.4 Å². The Morgan fingerprint density at radius 1 is 1.24 bits per heavy atom. The third-order valence-electron chi connectivity index (χ3n) is 2.64. The molecule has 3 heterocycles. The summed E-state index contributed by atoms with van der Waals surface area (Å²) in [4.78, 5) is 12.5.